The minimum atomic E-state index is -0.414. The minimum Gasteiger partial charge on any atom is -0.481 e. The van der Waals surface area contributed by atoms with Gasteiger partial charge in [0.05, 0.1) is 26.3 Å². The van der Waals surface area contributed by atoms with Gasteiger partial charge in [0.1, 0.15) is 12.1 Å². The fourth-order valence-corrected chi connectivity index (χ4v) is 1.95. The molecule has 2 aromatic rings. The monoisotopic (exact) mass is 297 g/mol. The quantitative estimate of drug-likeness (QED) is 0.919. The van der Waals surface area contributed by atoms with E-state index in [4.69, 9.17) is 21.1 Å². The average Bonchev–Trinajstić information content (AvgIpc) is 2.43. The fraction of sp³-hybridized carbons (Fsp3) is 0.231. The van der Waals surface area contributed by atoms with Crippen LogP contribution < -0.4 is 14.8 Å². The van der Waals surface area contributed by atoms with E-state index in [0.717, 1.165) is 0 Å². The van der Waals surface area contributed by atoms with Crippen molar-refractivity contribution in [2.75, 3.05) is 19.5 Å². The number of anilines is 1. The zero-order valence-electron chi connectivity index (χ0n) is 11.0. The van der Waals surface area contributed by atoms with Crippen molar-refractivity contribution in [1.29, 1.82) is 0 Å². The van der Waals surface area contributed by atoms with Gasteiger partial charge in [0.25, 0.3) is 0 Å². The second kappa shape index (κ2) is 6.38. The predicted octanol–water partition coefficient (Wildman–Crippen LogP) is 2.90. The third-order valence-corrected chi connectivity index (χ3v) is 2.80. The van der Waals surface area contributed by atoms with Gasteiger partial charge in [-0.15, -0.1) is 0 Å². The van der Waals surface area contributed by atoms with Crippen LogP contribution in [0.5, 0.6) is 11.8 Å². The Morgan fingerprint density at radius 1 is 1.15 bits per heavy atom. The van der Waals surface area contributed by atoms with Gasteiger partial charge in [-0.05, 0) is 18.2 Å². The van der Waals surface area contributed by atoms with Crippen LogP contribution in [-0.4, -0.2) is 24.2 Å². The highest BCUT2D eigenvalue weighted by Crippen LogP contribution is 2.25. The number of halogens is 2. The van der Waals surface area contributed by atoms with Crippen molar-refractivity contribution in [1.82, 2.24) is 9.97 Å². The van der Waals surface area contributed by atoms with E-state index in [1.165, 1.54) is 32.7 Å². The Bertz CT molecular complexity index is 568. The molecule has 1 aromatic heterocycles. The molecule has 7 heteroatoms. The van der Waals surface area contributed by atoms with Gasteiger partial charge in [0, 0.05) is 10.7 Å². The standard InChI is InChI=1S/C13H13ClFN3O2/c1-19-12-11(13(20-2)18-7-17-12)6-16-10-4-8(14)3-9(15)5-10/h3-5,7,16H,6H2,1-2H3. The van der Waals surface area contributed by atoms with Gasteiger partial charge in [-0.3, -0.25) is 0 Å². The maximum absolute atomic E-state index is 13.2. The van der Waals surface area contributed by atoms with Crippen molar-refractivity contribution in [3.05, 3.63) is 40.9 Å². The molecule has 0 spiro atoms. The molecule has 0 radical (unpaired) electrons. The van der Waals surface area contributed by atoms with Crippen LogP contribution in [0.4, 0.5) is 10.1 Å². The normalized spacial score (nSPS) is 10.2. The lowest BCUT2D eigenvalue weighted by molar-refractivity contribution is 0.363. The average molecular weight is 298 g/mol. The lowest BCUT2D eigenvalue weighted by Crippen LogP contribution is -2.07. The third-order valence-electron chi connectivity index (χ3n) is 2.58. The number of methoxy groups -OCH3 is 2. The second-order valence-corrected chi connectivity index (χ2v) is 4.32. The summed E-state index contributed by atoms with van der Waals surface area (Å²) in [5.41, 5.74) is 1.18. The Morgan fingerprint density at radius 2 is 1.80 bits per heavy atom. The highest BCUT2D eigenvalue weighted by Gasteiger charge is 2.12. The summed E-state index contributed by atoms with van der Waals surface area (Å²) in [5, 5.41) is 3.34. The van der Waals surface area contributed by atoms with E-state index in [9.17, 15) is 4.39 Å². The van der Waals surface area contributed by atoms with Crippen LogP contribution in [0.25, 0.3) is 0 Å². The van der Waals surface area contributed by atoms with Gasteiger partial charge in [-0.2, -0.15) is 0 Å². The number of nitrogens with one attached hydrogen (secondary N) is 1. The van der Waals surface area contributed by atoms with Crippen LogP contribution in [0.2, 0.25) is 5.02 Å². The van der Waals surface area contributed by atoms with Crippen LogP contribution in [0.15, 0.2) is 24.5 Å². The smallest absolute Gasteiger partial charge is 0.225 e. The Hall–Kier alpha value is -2.08. The van der Waals surface area contributed by atoms with Gasteiger partial charge >= 0.3 is 0 Å². The Morgan fingerprint density at radius 3 is 2.35 bits per heavy atom. The van der Waals surface area contributed by atoms with Crippen molar-refractivity contribution in [3.8, 4) is 11.8 Å². The van der Waals surface area contributed by atoms with Crippen molar-refractivity contribution < 1.29 is 13.9 Å². The molecular weight excluding hydrogens is 285 g/mol. The molecule has 0 aliphatic heterocycles. The largest absolute Gasteiger partial charge is 0.481 e. The van der Waals surface area contributed by atoms with Crippen molar-refractivity contribution >= 4 is 17.3 Å². The number of benzene rings is 1. The minimum absolute atomic E-state index is 0.312. The first-order valence-corrected chi connectivity index (χ1v) is 6.13. The van der Waals surface area contributed by atoms with E-state index < -0.39 is 5.82 Å². The van der Waals surface area contributed by atoms with Gasteiger partial charge in [0.15, 0.2) is 0 Å². The maximum Gasteiger partial charge on any atom is 0.225 e. The Balaban J connectivity index is 2.22. The maximum atomic E-state index is 13.2. The topological polar surface area (TPSA) is 56.3 Å². The molecule has 0 unspecified atom stereocenters. The first-order valence-electron chi connectivity index (χ1n) is 5.76. The summed E-state index contributed by atoms with van der Waals surface area (Å²) >= 11 is 5.79. The van der Waals surface area contributed by atoms with E-state index in [1.807, 2.05) is 0 Å². The first-order chi connectivity index (χ1) is 9.63. The molecule has 1 heterocycles. The molecular formula is C13H13ClFN3O2. The van der Waals surface area contributed by atoms with Crippen LogP contribution in [0.3, 0.4) is 0 Å². The van der Waals surface area contributed by atoms with Gasteiger partial charge < -0.3 is 14.8 Å². The molecule has 20 heavy (non-hydrogen) atoms. The number of aromatic nitrogens is 2. The molecule has 0 atom stereocenters. The van der Waals surface area contributed by atoms with Crippen LogP contribution in [-0.2, 0) is 6.54 Å². The summed E-state index contributed by atoms with van der Waals surface area (Å²) in [4.78, 5) is 8.00. The molecule has 0 amide bonds. The van der Waals surface area contributed by atoms with E-state index in [0.29, 0.717) is 34.6 Å². The van der Waals surface area contributed by atoms with Gasteiger partial charge in [0.2, 0.25) is 11.8 Å². The van der Waals surface area contributed by atoms with Crippen LogP contribution in [0, 0.1) is 5.82 Å². The molecule has 0 saturated heterocycles. The summed E-state index contributed by atoms with van der Waals surface area (Å²) in [7, 11) is 3.01. The molecule has 5 nitrogen and oxygen atoms in total. The molecule has 0 fully saturated rings. The highest BCUT2D eigenvalue weighted by atomic mass is 35.5. The molecule has 0 aliphatic carbocycles. The Kier molecular flexibility index (Phi) is 4.57. The summed E-state index contributed by atoms with van der Waals surface area (Å²) in [6.45, 7) is 0.312. The third kappa shape index (κ3) is 3.27. The van der Waals surface area contributed by atoms with E-state index in [1.54, 1.807) is 6.07 Å². The summed E-state index contributed by atoms with van der Waals surface area (Å²) in [6, 6.07) is 4.20. The molecule has 0 aliphatic rings. The van der Waals surface area contributed by atoms with Crippen molar-refractivity contribution in [2.45, 2.75) is 6.54 Å². The molecule has 106 valence electrons. The molecule has 0 saturated carbocycles. The lowest BCUT2D eigenvalue weighted by atomic mass is 10.2. The van der Waals surface area contributed by atoms with Crippen molar-refractivity contribution in [2.24, 2.45) is 0 Å². The van der Waals surface area contributed by atoms with Crippen LogP contribution >= 0.6 is 11.6 Å². The summed E-state index contributed by atoms with van der Waals surface area (Å²) in [5.74, 6) is 0.377. The number of rotatable bonds is 5. The predicted molar refractivity (Wildman–Crippen MR) is 73.9 cm³/mol. The number of hydrogen-bond acceptors (Lipinski definition) is 5. The van der Waals surface area contributed by atoms with E-state index in [-0.39, 0.29) is 0 Å². The van der Waals surface area contributed by atoms with Crippen LogP contribution in [0.1, 0.15) is 5.56 Å². The van der Waals surface area contributed by atoms with Gasteiger partial charge in [-0.25, -0.2) is 14.4 Å². The second-order valence-electron chi connectivity index (χ2n) is 3.88. The number of ether oxygens (including phenoxy) is 2. The zero-order valence-corrected chi connectivity index (χ0v) is 11.7. The number of hydrogen-bond donors (Lipinski definition) is 1. The zero-order chi connectivity index (χ0) is 14.5. The van der Waals surface area contributed by atoms with Crippen molar-refractivity contribution in [3.63, 3.8) is 0 Å². The summed E-state index contributed by atoms with van der Waals surface area (Å²) < 4.78 is 23.6. The SMILES string of the molecule is COc1ncnc(OC)c1CNc1cc(F)cc(Cl)c1. The van der Waals surface area contributed by atoms with E-state index in [2.05, 4.69) is 15.3 Å². The fourth-order valence-electron chi connectivity index (χ4n) is 1.73. The van der Waals surface area contributed by atoms with E-state index >= 15 is 0 Å². The molecule has 1 N–H and O–H groups in total. The Labute approximate surface area is 120 Å². The molecule has 0 bridgehead atoms. The molecule has 2 rings (SSSR count). The first kappa shape index (κ1) is 14.3. The van der Waals surface area contributed by atoms with Gasteiger partial charge in [-0.1, -0.05) is 11.6 Å². The number of nitrogens with zero attached hydrogens (tertiary/aromatic N) is 2. The highest BCUT2D eigenvalue weighted by molar-refractivity contribution is 6.30. The lowest BCUT2D eigenvalue weighted by Gasteiger charge is -2.12. The molecule has 1 aromatic carbocycles. The summed E-state index contributed by atoms with van der Waals surface area (Å²) in [6.07, 6.45) is 1.35.